The third-order valence-corrected chi connectivity index (χ3v) is 5.45. The van der Waals surface area contributed by atoms with Crippen LogP contribution in [0.15, 0.2) is 18.5 Å². The van der Waals surface area contributed by atoms with E-state index >= 15 is 0 Å². The SMILES string of the molecule is CCOP(=O)(CC(O)n1cc(N2C=CC(NC(C)=O)NC2=O)nn1)OCC. The van der Waals surface area contributed by atoms with Gasteiger partial charge in [-0.3, -0.25) is 14.3 Å². The van der Waals surface area contributed by atoms with Gasteiger partial charge in [-0.25, -0.2) is 9.48 Å². The average Bonchev–Trinajstić information content (AvgIpc) is 3.04. The number of carbonyl (C=O) groups is 2. The molecule has 0 saturated heterocycles. The first-order valence-corrected chi connectivity index (χ1v) is 10.0. The summed E-state index contributed by atoms with van der Waals surface area (Å²) in [5, 5.41) is 22.9. The highest BCUT2D eigenvalue weighted by molar-refractivity contribution is 7.53. The number of amides is 3. The van der Waals surface area contributed by atoms with E-state index in [0.29, 0.717) is 0 Å². The minimum absolute atomic E-state index is 0.131. The molecule has 0 saturated carbocycles. The number of nitrogens with one attached hydrogen (secondary N) is 2. The molecule has 0 spiro atoms. The molecule has 1 aliphatic rings. The molecular formula is C14H23N6O6P. The monoisotopic (exact) mass is 402 g/mol. The van der Waals surface area contributed by atoms with Gasteiger partial charge in [0.2, 0.25) is 5.91 Å². The van der Waals surface area contributed by atoms with E-state index in [1.165, 1.54) is 19.3 Å². The second kappa shape index (κ2) is 9.09. The third kappa shape index (κ3) is 5.60. The third-order valence-electron chi connectivity index (χ3n) is 3.37. The molecule has 0 bridgehead atoms. The van der Waals surface area contributed by atoms with Crippen molar-refractivity contribution in [1.29, 1.82) is 0 Å². The number of aromatic nitrogens is 3. The van der Waals surface area contributed by atoms with Crippen LogP contribution >= 0.6 is 7.60 Å². The van der Waals surface area contributed by atoms with Crippen molar-refractivity contribution in [3.63, 3.8) is 0 Å². The highest BCUT2D eigenvalue weighted by Crippen LogP contribution is 2.49. The maximum atomic E-state index is 12.5. The number of rotatable bonds is 9. The largest absolute Gasteiger partial charge is 0.371 e. The summed E-state index contributed by atoms with van der Waals surface area (Å²) in [5.74, 6) is -0.160. The van der Waals surface area contributed by atoms with Gasteiger partial charge >= 0.3 is 13.6 Å². The maximum Gasteiger partial charge on any atom is 0.335 e. The minimum atomic E-state index is -3.48. The second-order valence-corrected chi connectivity index (χ2v) is 7.61. The Morgan fingerprint density at radius 2 is 2.11 bits per heavy atom. The summed E-state index contributed by atoms with van der Waals surface area (Å²) in [6.45, 7) is 5.01. The van der Waals surface area contributed by atoms with Crippen LogP contribution in [0.5, 0.6) is 0 Å². The van der Waals surface area contributed by atoms with E-state index in [-0.39, 0.29) is 31.1 Å². The van der Waals surface area contributed by atoms with E-state index in [1.807, 2.05) is 0 Å². The standard InChI is InChI=1S/C14H23N6O6P/c1-4-25-27(24,26-5-2)9-13(22)20-8-12(17-18-20)19-7-6-11(15-10(3)21)16-14(19)23/h6-8,11,13,22H,4-5,9H2,1-3H3,(H,15,21)(H,16,23). The fourth-order valence-corrected chi connectivity index (χ4v) is 3.96. The molecule has 1 aromatic heterocycles. The van der Waals surface area contributed by atoms with Gasteiger partial charge in [-0.15, -0.1) is 5.10 Å². The lowest BCUT2D eigenvalue weighted by Crippen LogP contribution is -2.53. The van der Waals surface area contributed by atoms with Crippen molar-refractivity contribution in [3.8, 4) is 0 Å². The van der Waals surface area contributed by atoms with Crippen molar-refractivity contribution in [1.82, 2.24) is 25.6 Å². The number of anilines is 1. The number of hydrogen-bond acceptors (Lipinski definition) is 8. The van der Waals surface area contributed by atoms with E-state index in [4.69, 9.17) is 9.05 Å². The van der Waals surface area contributed by atoms with Crippen LogP contribution in [0.2, 0.25) is 0 Å². The molecule has 3 N–H and O–H groups in total. The van der Waals surface area contributed by atoms with Gasteiger partial charge in [-0.1, -0.05) is 5.21 Å². The summed E-state index contributed by atoms with van der Waals surface area (Å²) in [7, 11) is -3.48. The molecule has 27 heavy (non-hydrogen) atoms. The van der Waals surface area contributed by atoms with Crippen LogP contribution in [0.3, 0.4) is 0 Å². The Labute approximate surface area is 156 Å². The van der Waals surface area contributed by atoms with Gasteiger partial charge < -0.3 is 24.8 Å². The van der Waals surface area contributed by atoms with Crippen molar-refractivity contribution >= 4 is 25.4 Å². The van der Waals surface area contributed by atoms with Gasteiger partial charge in [0.15, 0.2) is 12.0 Å². The zero-order valence-corrected chi connectivity index (χ0v) is 16.1. The van der Waals surface area contributed by atoms with Gasteiger partial charge in [-0.05, 0) is 19.9 Å². The number of hydrogen-bond donors (Lipinski definition) is 3. The summed E-state index contributed by atoms with van der Waals surface area (Å²) >= 11 is 0. The Balaban J connectivity index is 2.08. The summed E-state index contributed by atoms with van der Waals surface area (Å²) in [6, 6.07) is -0.535. The first-order valence-electron chi connectivity index (χ1n) is 8.31. The molecule has 2 rings (SSSR count). The number of urea groups is 1. The predicted molar refractivity (Wildman–Crippen MR) is 94.8 cm³/mol. The lowest BCUT2D eigenvalue weighted by molar-refractivity contribution is -0.119. The van der Waals surface area contributed by atoms with Crippen LogP contribution in [-0.4, -0.2) is 57.6 Å². The molecule has 2 atom stereocenters. The second-order valence-electron chi connectivity index (χ2n) is 5.51. The van der Waals surface area contributed by atoms with Crippen molar-refractivity contribution in [2.75, 3.05) is 24.3 Å². The molecule has 2 unspecified atom stereocenters. The van der Waals surface area contributed by atoms with Crippen LogP contribution in [0.4, 0.5) is 10.6 Å². The number of carbonyl (C=O) groups excluding carboxylic acids is 2. The molecule has 0 fully saturated rings. The first-order chi connectivity index (χ1) is 12.8. The molecule has 1 aliphatic heterocycles. The number of nitrogens with zero attached hydrogens (tertiary/aromatic N) is 4. The molecule has 2 heterocycles. The van der Waals surface area contributed by atoms with Gasteiger partial charge in [0.25, 0.3) is 0 Å². The Kier molecular flexibility index (Phi) is 7.08. The zero-order valence-electron chi connectivity index (χ0n) is 15.2. The van der Waals surface area contributed by atoms with Gasteiger partial charge in [0, 0.05) is 13.1 Å². The fraction of sp³-hybridized carbons (Fsp3) is 0.571. The van der Waals surface area contributed by atoms with Crippen LogP contribution in [0.1, 0.15) is 27.0 Å². The Bertz CT molecular complexity index is 742. The van der Waals surface area contributed by atoms with E-state index in [2.05, 4.69) is 20.9 Å². The normalized spacial score (nSPS) is 18.3. The molecule has 1 aromatic rings. The number of aliphatic hydroxyl groups excluding tert-OH is 1. The smallest absolute Gasteiger partial charge is 0.335 e. The van der Waals surface area contributed by atoms with Crippen LogP contribution in [0.25, 0.3) is 0 Å². The minimum Gasteiger partial charge on any atom is -0.371 e. The first kappa shape index (κ1) is 21.0. The van der Waals surface area contributed by atoms with Crippen LogP contribution in [0, 0.1) is 0 Å². The Hall–Kier alpha value is -2.27. The number of aliphatic hydroxyl groups is 1. The molecule has 3 amide bonds. The highest BCUT2D eigenvalue weighted by Gasteiger charge is 2.30. The van der Waals surface area contributed by atoms with Gasteiger partial charge in [-0.2, -0.15) is 0 Å². The zero-order chi connectivity index (χ0) is 20.0. The Morgan fingerprint density at radius 1 is 1.44 bits per heavy atom. The molecule has 150 valence electrons. The van der Waals surface area contributed by atoms with Crippen molar-refractivity contribution < 1.29 is 28.3 Å². The quantitative estimate of drug-likeness (QED) is 0.507. The summed E-state index contributed by atoms with van der Waals surface area (Å²) < 4.78 is 23.8. The molecule has 0 aliphatic carbocycles. The van der Waals surface area contributed by atoms with E-state index in [9.17, 15) is 19.3 Å². The summed E-state index contributed by atoms with van der Waals surface area (Å²) in [4.78, 5) is 24.4. The maximum absolute atomic E-state index is 12.5. The van der Waals surface area contributed by atoms with Crippen LogP contribution < -0.4 is 15.5 Å². The lowest BCUT2D eigenvalue weighted by Gasteiger charge is -2.25. The summed E-state index contributed by atoms with van der Waals surface area (Å²) in [6.07, 6.45) is 2.02. The van der Waals surface area contributed by atoms with E-state index in [1.54, 1.807) is 19.9 Å². The molecule has 13 heteroatoms. The highest BCUT2D eigenvalue weighted by atomic mass is 31.2. The molecular weight excluding hydrogens is 379 g/mol. The predicted octanol–water partition coefficient (Wildman–Crippen LogP) is 0.541. The van der Waals surface area contributed by atoms with Crippen LogP contribution in [-0.2, 0) is 18.4 Å². The topological polar surface area (TPSA) is 148 Å². The lowest BCUT2D eigenvalue weighted by atomic mass is 10.3. The fourth-order valence-electron chi connectivity index (χ4n) is 2.32. The molecule has 12 nitrogen and oxygen atoms in total. The Morgan fingerprint density at radius 3 is 2.67 bits per heavy atom. The van der Waals surface area contributed by atoms with Crippen molar-refractivity contribution in [3.05, 3.63) is 18.5 Å². The van der Waals surface area contributed by atoms with Gasteiger partial charge in [0.05, 0.1) is 25.6 Å². The molecule has 0 aromatic carbocycles. The molecule has 0 radical (unpaired) electrons. The average molecular weight is 402 g/mol. The van der Waals surface area contributed by atoms with E-state index in [0.717, 1.165) is 9.58 Å². The van der Waals surface area contributed by atoms with Crippen molar-refractivity contribution in [2.45, 2.75) is 33.2 Å². The summed E-state index contributed by atoms with van der Waals surface area (Å²) in [5.41, 5.74) is 0. The van der Waals surface area contributed by atoms with E-state index < -0.39 is 26.0 Å². The van der Waals surface area contributed by atoms with Gasteiger partial charge in [0.1, 0.15) is 6.17 Å². The van der Waals surface area contributed by atoms with Crippen molar-refractivity contribution in [2.24, 2.45) is 0 Å².